The Balaban J connectivity index is 2.13. The molecule has 0 aromatic carbocycles. The van der Waals surface area contributed by atoms with Gasteiger partial charge in [-0.15, -0.1) is 0 Å². The van der Waals surface area contributed by atoms with Crippen molar-refractivity contribution in [1.29, 1.82) is 0 Å². The Labute approximate surface area is 147 Å². The number of halogens is 1. The Morgan fingerprint density at radius 3 is 2.52 bits per heavy atom. The van der Waals surface area contributed by atoms with Crippen molar-refractivity contribution in [2.24, 2.45) is 5.73 Å². The van der Waals surface area contributed by atoms with Gasteiger partial charge in [0.1, 0.15) is 0 Å². The molecule has 0 spiro atoms. The molecule has 1 amide bonds. The molecule has 0 aromatic rings. The Morgan fingerprint density at radius 1 is 1.22 bits per heavy atom. The first-order chi connectivity index (χ1) is 11.0. The molecule has 0 aliphatic carbocycles. The summed E-state index contributed by atoms with van der Waals surface area (Å²) in [6, 6.07) is 0. The van der Waals surface area contributed by atoms with Crippen LogP contribution in [0.15, 0.2) is 22.3 Å². The first kappa shape index (κ1) is 19.7. The van der Waals surface area contributed by atoms with E-state index >= 15 is 0 Å². The lowest BCUT2D eigenvalue weighted by molar-refractivity contribution is -0.147. The number of hydrogen-bond donors (Lipinski definition) is 1. The maximum atomic E-state index is 11.7. The zero-order chi connectivity index (χ0) is 17.1. The molecule has 6 heteroatoms. The van der Waals surface area contributed by atoms with E-state index in [1.165, 1.54) is 32.1 Å². The van der Waals surface area contributed by atoms with Crippen molar-refractivity contribution in [3.63, 3.8) is 0 Å². The van der Waals surface area contributed by atoms with E-state index < -0.39 is 5.91 Å². The molecule has 0 saturated carbocycles. The number of nitrogens with two attached hydrogens (primary N) is 1. The predicted molar refractivity (Wildman–Crippen MR) is 94.6 cm³/mol. The SMILES string of the molecule is CCCCCCCCCC(=O)OCN1C=CC(Br)=C(C(N)=O)C1. The van der Waals surface area contributed by atoms with Crippen molar-refractivity contribution in [1.82, 2.24) is 4.90 Å². The van der Waals surface area contributed by atoms with Gasteiger partial charge < -0.3 is 15.4 Å². The fourth-order valence-corrected chi connectivity index (χ4v) is 2.78. The van der Waals surface area contributed by atoms with Crippen molar-refractivity contribution in [2.45, 2.75) is 58.3 Å². The Morgan fingerprint density at radius 2 is 1.87 bits per heavy atom. The lowest BCUT2D eigenvalue weighted by Crippen LogP contribution is -2.31. The van der Waals surface area contributed by atoms with Gasteiger partial charge in [-0.05, 0) is 12.5 Å². The second-order valence-electron chi connectivity index (χ2n) is 5.77. The number of amides is 1. The summed E-state index contributed by atoms with van der Waals surface area (Å²) >= 11 is 3.28. The van der Waals surface area contributed by atoms with Gasteiger partial charge in [0.15, 0.2) is 6.73 Å². The van der Waals surface area contributed by atoms with Crippen molar-refractivity contribution < 1.29 is 14.3 Å². The van der Waals surface area contributed by atoms with Gasteiger partial charge in [-0.2, -0.15) is 0 Å². The van der Waals surface area contributed by atoms with Crippen LogP contribution in [-0.4, -0.2) is 30.1 Å². The van der Waals surface area contributed by atoms with E-state index in [-0.39, 0.29) is 12.7 Å². The molecule has 0 unspecified atom stereocenters. The largest absolute Gasteiger partial charge is 0.444 e. The molecule has 1 aliphatic heterocycles. The second-order valence-corrected chi connectivity index (χ2v) is 6.62. The third-order valence-corrected chi connectivity index (χ3v) is 4.50. The number of unbranched alkanes of at least 4 members (excludes halogenated alkanes) is 6. The molecule has 0 fully saturated rings. The van der Waals surface area contributed by atoms with Gasteiger partial charge in [0, 0.05) is 17.1 Å². The Kier molecular flexibility index (Phi) is 9.67. The van der Waals surface area contributed by atoms with E-state index in [9.17, 15) is 9.59 Å². The van der Waals surface area contributed by atoms with Crippen LogP contribution in [0.1, 0.15) is 58.3 Å². The fourth-order valence-electron chi connectivity index (χ4n) is 2.34. The number of primary amides is 1. The third kappa shape index (κ3) is 8.21. The topological polar surface area (TPSA) is 72.6 Å². The van der Waals surface area contributed by atoms with Crippen LogP contribution in [0, 0.1) is 0 Å². The quantitative estimate of drug-likeness (QED) is 0.434. The molecule has 0 saturated heterocycles. The molecule has 0 aromatic heterocycles. The number of ether oxygens (including phenoxy) is 1. The summed E-state index contributed by atoms with van der Waals surface area (Å²) in [5, 5.41) is 0. The van der Waals surface area contributed by atoms with Crippen molar-refractivity contribution in [3.8, 4) is 0 Å². The minimum absolute atomic E-state index is 0.142. The van der Waals surface area contributed by atoms with Crippen molar-refractivity contribution in [2.75, 3.05) is 13.3 Å². The van der Waals surface area contributed by atoms with Crippen molar-refractivity contribution >= 4 is 27.8 Å². The Hall–Kier alpha value is -1.30. The van der Waals surface area contributed by atoms with E-state index in [0.29, 0.717) is 23.0 Å². The molecule has 5 nitrogen and oxygen atoms in total. The fraction of sp³-hybridized carbons (Fsp3) is 0.647. The highest BCUT2D eigenvalue weighted by molar-refractivity contribution is 9.12. The molecule has 0 radical (unpaired) electrons. The lowest BCUT2D eigenvalue weighted by atomic mass is 10.1. The molecule has 1 aliphatic rings. The summed E-state index contributed by atoms with van der Waals surface area (Å²) in [5.41, 5.74) is 5.79. The minimum Gasteiger partial charge on any atom is -0.444 e. The van der Waals surface area contributed by atoms with E-state index in [2.05, 4.69) is 22.9 Å². The van der Waals surface area contributed by atoms with Crippen LogP contribution >= 0.6 is 15.9 Å². The first-order valence-electron chi connectivity index (χ1n) is 8.31. The monoisotopic (exact) mass is 386 g/mol. The first-order valence-corrected chi connectivity index (χ1v) is 9.10. The maximum Gasteiger partial charge on any atom is 0.307 e. The number of carbonyl (C=O) groups is 2. The normalized spacial score (nSPS) is 14.3. The standard InChI is InChI=1S/C17H27BrN2O3/c1-2-3-4-5-6-7-8-9-16(21)23-13-20-11-10-15(18)14(12-20)17(19)22/h10-11H,2-9,12-13H2,1H3,(H2,19,22). The summed E-state index contributed by atoms with van der Waals surface area (Å²) in [5.74, 6) is -0.665. The van der Waals surface area contributed by atoms with Crippen LogP contribution < -0.4 is 5.73 Å². The number of rotatable bonds is 11. The summed E-state index contributed by atoms with van der Waals surface area (Å²) < 4.78 is 5.91. The predicted octanol–water partition coefficient (Wildman–Crippen LogP) is 3.59. The van der Waals surface area contributed by atoms with Crippen LogP contribution in [0.4, 0.5) is 0 Å². The van der Waals surface area contributed by atoms with Crippen LogP contribution in [0.3, 0.4) is 0 Å². The van der Waals surface area contributed by atoms with Gasteiger partial charge >= 0.3 is 5.97 Å². The van der Waals surface area contributed by atoms with Crippen molar-refractivity contribution in [3.05, 3.63) is 22.3 Å². The van der Waals surface area contributed by atoms with Gasteiger partial charge in [-0.3, -0.25) is 9.59 Å². The van der Waals surface area contributed by atoms with Gasteiger partial charge in [0.2, 0.25) is 5.91 Å². The van der Waals surface area contributed by atoms with Crippen LogP contribution in [0.5, 0.6) is 0 Å². The number of hydrogen-bond acceptors (Lipinski definition) is 4. The van der Waals surface area contributed by atoms with Gasteiger partial charge in [0.05, 0.1) is 12.1 Å². The molecule has 1 rings (SSSR count). The molecule has 2 N–H and O–H groups in total. The van der Waals surface area contributed by atoms with E-state index in [1.807, 2.05) is 0 Å². The smallest absolute Gasteiger partial charge is 0.307 e. The summed E-state index contributed by atoms with van der Waals surface area (Å²) in [6.45, 7) is 2.69. The van der Waals surface area contributed by atoms with Crippen LogP contribution in [-0.2, 0) is 14.3 Å². The summed E-state index contributed by atoms with van der Waals surface area (Å²) in [4.78, 5) is 24.7. The molecule has 23 heavy (non-hydrogen) atoms. The van der Waals surface area contributed by atoms with Crippen LogP contribution in [0.2, 0.25) is 0 Å². The maximum absolute atomic E-state index is 11.7. The lowest BCUT2D eigenvalue weighted by Gasteiger charge is -2.24. The zero-order valence-electron chi connectivity index (χ0n) is 13.9. The molecular formula is C17H27BrN2O3. The average Bonchev–Trinajstić information content (AvgIpc) is 2.53. The third-order valence-electron chi connectivity index (χ3n) is 3.75. The second kappa shape index (κ2) is 11.3. The Bertz CT molecular complexity index is 461. The minimum atomic E-state index is -0.472. The van der Waals surface area contributed by atoms with Crippen LogP contribution in [0.25, 0.3) is 0 Å². The van der Waals surface area contributed by atoms with E-state index in [4.69, 9.17) is 10.5 Å². The summed E-state index contributed by atoms with van der Waals surface area (Å²) in [7, 11) is 0. The summed E-state index contributed by atoms with van der Waals surface area (Å²) in [6.07, 6.45) is 12.2. The van der Waals surface area contributed by atoms with Gasteiger partial charge in [-0.25, -0.2) is 0 Å². The van der Waals surface area contributed by atoms with E-state index in [0.717, 1.165) is 12.8 Å². The number of carbonyl (C=O) groups excluding carboxylic acids is 2. The highest BCUT2D eigenvalue weighted by atomic mass is 79.9. The molecule has 1 heterocycles. The highest BCUT2D eigenvalue weighted by Gasteiger charge is 2.17. The molecular weight excluding hydrogens is 360 g/mol. The number of nitrogens with zero attached hydrogens (tertiary/aromatic N) is 1. The van der Waals surface area contributed by atoms with Gasteiger partial charge in [-0.1, -0.05) is 61.4 Å². The average molecular weight is 387 g/mol. The number of esters is 1. The molecule has 130 valence electrons. The highest BCUT2D eigenvalue weighted by Crippen LogP contribution is 2.20. The molecule has 0 bridgehead atoms. The van der Waals surface area contributed by atoms with E-state index in [1.54, 1.807) is 17.2 Å². The molecule has 0 atom stereocenters. The zero-order valence-corrected chi connectivity index (χ0v) is 15.4. The van der Waals surface area contributed by atoms with Gasteiger partial charge in [0.25, 0.3) is 0 Å². The number of allylic oxidation sites excluding steroid dienone is 2.